The second-order valence-corrected chi connectivity index (χ2v) is 9.14. The van der Waals surface area contributed by atoms with E-state index in [0.717, 1.165) is 48.1 Å². The molecule has 1 aliphatic rings. The third kappa shape index (κ3) is 6.52. The van der Waals surface area contributed by atoms with Crippen LogP contribution in [-0.2, 0) is 17.8 Å². The summed E-state index contributed by atoms with van der Waals surface area (Å²) in [6, 6.07) is 9.30. The van der Waals surface area contributed by atoms with Crippen LogP contribution in [0.1, 0.15) is 23.9 Å². The number of rotatable bonds is 7. The van der Waals surface area contributed by atoms with Gasteiger partial charge in [-0.1, -0.05) is 19.1 Å². The van der Waals surface area contributed by atoms with Crippen molar-refractivity contribution in [2.75, 3.05) is 36.5 Å². The Kier molecular flexibility index (Phi) is 7.79. The van der Waals surface area contributed by atoms with Crippen molar-refractivity contribution in [3.05, 3.63) is 47.3 Å². The van der Waals surface area contributed by atoms with Crippen molar-refractivity contribution in [3.8, 4) is 0 Å². The molecular formula is C22H31N5O2S. The lowest BCUT2D eigenvalue weighted by atomic mass is 10.1. The lowest BCUT2D eigenvalue weighted by Crippen LogP contribution is -2.38. The van der Waals surface area contributed by atoms with Gasteiger partial charge in [0.1, 0.15) is 0 Å². The highest BCUT2D eigenvalue weighted by Crippen LogP contribution is 2.14. The SMILES string of the molecule is Cc1cc(C)n(CC(C)CNC(=O)Nc2ccc(CC(=O)N3CCSCC3)cc2)n1. The van der Waals surface area contributed by atoms with E-state index in [9.17, 15) is 9.59 Å². The van der Waals surface area contributed by atoms with E-state index in [2.05, 4.69) is 28.7 Å². The number of benzene rings is 1. The van der Waals surface area contributed by atoms with E-state index in [1.807, 2.05) is 59.5 Å². The van der Waals surface area contributed by atoms with Crippen LogP contribution < -0.4 is 10.6 Å². The molecule has 0 saturated carbocycles. The molecule has 0 radical (unpaired) electrons. The second kappa shape index (κ2) is 10.5. The molecule has 1 aromatic heterocycles. The predicted molar refractivity (Wildman–Crippen MR) is 122 cm³/mol. The molecular weight excluding hydrogens is 398 g/mol. The van der Waals surface area contributed by atoms with Crippen LogP contribution in [0.2, 0.25) is 0 Å². The molecule has 2 heterocycles. The van der Waals surface area contributed by atoms with Crippen molar-refractivity contribution in [3.63, 3.8) is 0 Å². The Hall–Kier alpha value is -2.48. The van der Waals surface area contributed by atoms with Gasteiger partial charge in [-0.05, 0) is 43.5 Å². The molecule has 3 rings (SSSR count). The average Bonchev–Trinajstić information content (AvgIpc) is 3.05. The molecule has 1 aliphatic heterocycles. The second-order valence-electron chi connectivity index (χ2n) is 7.92. The van der Waals surface area contributed by atoms with Crippen LogP contribution in [0.25, 0.3) is 0 Å². The molecule has 0 spiro atoms. The molecule has 1 saturated heterocycles. The summed E-state index contributed by atoms with van der Waals surface area (Å²) in [4.78, 5) is 26.5. The largest absolute Gasteiger partial charge is 0.341 e. The van der Waals surface area contributed by atoms with Crippen LogP contribution in [-0.4, -0.2) is 57.8 Å². The zero-order chi connectivity index (χ0) is 21.5. The van der Waals surface area contributed by atoms with Gasteiger partial charge in [0.15, 0.2) is 0 Å². The van der Waals surface area contributed by atoms with Gasteiger partial charge in [0, 0.05) is 49.1 Å². The van der Waals surface area contributed by atoms with Gasteiger partial charge in [0.2, 0.25) is 5.91 Å². The summed E-state index contributed by atoms with van der Waals surface area (Å²) in [6.07, 6.45) is 0.404. The molecule has 3 amide bonds. The fourth-order valence-electron chi connectivity index (χ4n) is 3.47. The van der Waals surface area contributed by atoms with Crippen molar-refractivity contribution < 1.29 is 9.59 Å². The first kappa shape index (κ1) is 22.2. The van der Waals surface area contributed by atoms with Crippen molar-refractivity contribution in [1.82, 2.24) is 20.0 Å². The van der Waals surface area contributed by atoms with Gasteiger partial charge < -0.3 is 15.5 Å². The third-order valence-corrected chi connectivity index (χ3v) is 6.07. The highest BCUT2D eigenvalue weighted by atomic mass is 32.2. The number of amides is 3. The van der Waals surface area contributed by atoms with Gasteiger partial charge in [-0.25, -0.2) is 4.79 Å². The van der Waals surface area contributed by atoms with E-state index < -0.39 is 0 Å². The predicted octanol–water partition coefficient (Wildman–Crippen LogP) is 3.08. The summed E-state index contributed by atoms with van der Waals surface area (Å²) in [5.41, 5.74) is 3.80. The molecule has 1 atom stereocenters. The van der Waals surface area contributed by atoms with Crippen LogP contribution in [0.3, 0.4) is 0 Å². The molecule has 2 aromatic rings. The van der Waals surface area contributed by atoms with Crippen LogP contribution in [0.4, 0.5) is 10.5 Å². The molecule has 2 N–H and O–H groups in total. The monoisotopic (exact) mass is 429 g/mol. The minimum Gasteiger partial charge on any atom is -0.341 e. The Bertz CT molecular complexity index is 859. The molecule has 0 aliphatic carbocycles. The molecule has 1 fully saturated rings. The zero-order valence-electron chi connectivity index (χ0n) is 18.0. The number of nitrogens with zero attached hydrogens (tertiary/aromatic N) is 3. The van der Waals surface area contributed by atoms with Crippen molar-refractivity contribution in [2.24, 2.45) is 5.92 Å². The average molecular weight is 430 g/mol. The Morgan fingerprint density at radius 3 is 2.50 bits per heavy atom. The highest BCUT2D eigenvalue weighted by Gasteiger charge is 2.17. The molecule has 30 heavy (non-hydrogen) atoms. The Morgan fingerprint density at radius 1 is 1.17 bits per heavy atom. The maximum absolute atomic E-state index is 12.4. The lowest BCUT2D eigenvalue weighted by Gasteiger charge is -2.26. The minimum atomic E-state index is -0.232. The van der Waals surface area contributed by atoms with Gasteiger partial charge in [-0.2, -0.15) is 16.9 Å². The molecule has 7 nitrogen and oxygen atoms in total. The number of thioether (sulfide) groups is 1. The third-order valence-electron chi connectivity index (χ3n) is 5.13. The first-order chi connectivity index (χ1) is 14.4. The van der Waals surface area contributed by atoms with Gasteiger partial charge in [0.05, 0.1) is 12.1 Å². The van der Waals surface area contributed by atoms with E-state index in [1.54, 1.807) is 0 Å². The number of hydrogen-bond acceptors (Lipinski definition) is 4. The quantitative estimate of drug-likeness (QED) is 0.709. The van der Waals surface area contributed by atoms with Crippen LogP contribution >= 0.6 is 11.8 Å². The number of urea groups is 1. The summed E-state index contributed by atoms with van der Waals surface area (Å²) in [7, 11) is 0. The van der Waals surface area contributed by atoms with Crippen molar-refractivity contribution in [1.29, 1.82) is 0 Å². The number of anilines is 1. The maximum atomic E-state index is 12.4. The van der Waals surface area contributed by atoms with Crippen molar-refractivity contribution >= 4 is 29.4 Å². The van der Waals surface area contributed by atoms with Gasteiger partial charge in [0.25, 0.3) is 0 Å². The topological polar surface area (TPSA) is 79.3 Å². The lowest BCUT2D eigenvalue weighted by molar-refractivity contribution is -0.130. The van der Waals surface area contributed by atoms with Gasteiger partial charge >= 0.3 is 6.03 Å². The number of hydrogen-bond donors (Lipinski definition) is 2. The maximum Gasteiger partial charge on any atom is 0.319 e. The standard InChI is InChI=1S/C22H31N5O2S/c1-16(15-27-18(3)12-17(2)25-27)14-23-22(29)24-20-6-4-19(5-7-20)13-21(28)26-8-10-30-11-9-26/h4-7,12,16H,8-11,13-15H2,1-3H3,(H2,23,24,29). The number of carbonyl (C=O) groups excluding carboxylic acids is 2. The summed E-state index contributed by atoms with van der Waals surface area (Å²) in [5, 5.41) is 10.2. The van der Waals surface area contributed by atoms with E-state index in [4.69, 9.17) is 0 Å². The first-order valence-corrected chi connectivity index (χ1v) is 11.6. The van der Waals surface area contributed by atoms with E-state index in [1.165, 1.54) is 0 Å². The van der Waals surface area contributed by atoms with Crippen LogP contribution in [0.5, 0.6) is 0 Å². The van der Waals surface area contributed by atoms with E-state index in [-0.39, 0.29) is 17.9 Å². The van der Waals surface area contributed by atoms with Crippen LogP contribution in [0, 0.1) is 19.8 Å². The number of aromatic nitrogens is 2. The van der Waals surface area contributed by atoms with E-state index >= 15 is 0 Å². The zero-order valence-corrected chi connectivity index (χ0v) is 18.8. The Morgan fingerprint density at radius 2 is 1.87 bits per heavy atom. The normalized spacial score (nSPS) is 15.0. The minimum absolute atomic E-state index is 0.172. The van der Waals surface area contributed by atoms with Crippen molar-refractivity contribution in [2.45, 2.75) is 33.7 Å². The van der Waals surface area contributed by atoms with E-state index in [0.29, 0.717) is 18.7 Å². The summed E-state index contributed by atoms with van der Waals surface area (Å²) in [5.74, 6) is 2.47. The molecule has 1 aromatic carbocycles. The fraction of sp³-hybridized carbons (Fsp3) is 0.500. The van der Waals surface area contributed by atoms with Gasteiger partial charge in [-0.15, -0.1) is 0 Å². The summed E-state index contributed by atoms with van der Waals surface area (Å²) < 4.78 is 1.97. The van der Waals surface area contributed by atoms with Crippen LogP contribution in [0.15, 0.2) is 30.3 Å². The highest BCUT2D eigenvalue weighted by molar-refractivity contribution is 7.99. The number of carbonyl (C=O) groups is 2. The summed E-state index contributed by atoms with van der Waals surface area (Å²) in [6.45, 7) is 9.10. The van der Waals surface area contributed by atoms with Gasteiger partial charge in [-0.3, -0.25) is 9.48 Å². The smallest absolute Gasteiger partial charge is 0.319 e. The number of aryl methyl sites for hydroxylation is 2. The first-order valence-electron chi connectivity index (χ1n) is 10.4. The molecule has 0 bridgehead atoms. The number of nitrogens with one attached hydrogen (secondary N) is 2. The Labute approximate surface area is 182 Å². The molecule has 8 heteroatoms. The summed E-state index contributed by atoms with van der Waals surface area (Å²) >= 11 is 1.89. The molecule has 162 valence electrons. The Balaban J connectivity index is 1.41. The molecule has 1 unspecified atom stereocenters. The fourth-order valence-corrected chi connectivity index (χ4v) is 4.37.